The Morgan fingerprint density at radius 3 is 2.31 bits per heavy atom. The van der Waals surface area contributed by atoms with E-state index < -0.39 is 21.7 Å². The lowest BCUT2D eigenvalue weighted by Gasteiger charge is -2.05. The molecule has 0 N–H and O–H groups in total. The number of carbonyl (C=O) groups excluding carboxylic acids is 2. The molecule has 0 fully saturated rings. The summed E-state index contributed by atoms with van der Waals surface area (Å²) in [5.74, 6) is -0.974. The second kappa shape index (κ2) is 7.92. The van der Waals surface area contributed by atoms with Crippen molar-refractivity contribution in [3.05, 3.63) is 57.9 Å². The van der Waals surface area contributed by atoms with E-state index in [9.17, 15) is 18.0 Å². The number of ether oxygens (including phenoxy) is 1. The molecule has 1 aromatic heterocycles. The van der Waals surface area contributed by atoms with Crippen molar-refractivity contribution in [2.45, 2.75) is 25.3 Å². The third-order valence-electron chi connectivity index (χ3n) is 4.54. The van der Waals surface area contributed by atoms with Crippen LogP contribution in [0.2, 0.25) is 0 Å². The molecule has 29 heavy (non-hydrogen) atoms. The minimum atomic E-state index is -3.35. The summed E-state index contributed by atoms with van der Waals surface area (Å²) >= 11 is 1.30. The Balaban J connectivity index is 2.11. The Morgan fingerprint density at radius 2 is 1.72 bits per heavy atom. The van der Waals surface area contributed by atoms with Crippen LogP contribution < -0.4 is 4.80 Å². The van der Waals surface area contributed by atoms with E-state index in [0.29, 0.717) is 4.80 Å². The molecule has 3 rings (SSSR count). The first-order chi connectivity index (χ1) is 13.6. The first-order valence-corrected chi connectivity index (χ1v) is 11.4. The van der Waals surface area contributed by atoms with Crippen LogP contribution in [0.1, 0.15) is 21.5 Å². The second-order valence-corrected chi connectivity index (χ2v) is 9.69. The van der Waals surface area contributed by atoms with E-state index in [1.165, 1.54) is 42.7 Å². The third kappa shape index (κ3) is 4.46. The summed E-state index contributed by atoms with van der Waals surface area (Å²) < 4.78 is 30.5. The number of nitrogens with zero attached hydrogens (tertiary/aromatic N) is 2. The molecule has 0 aliphatic heterocycles. The van der Waals surface area contributed by atoms with Gasteiger partial charge in [-0.25, -0.2) is 8.42 Å². The molecule has 0 aliphatic rings. The number of fused-ring (bicyclic) bond motifs is 1. The molecular formula is C20H20N2O5S2. The Kier molecular flexibility index (Phi) is 5.72. The molecule has 0 atom stereocenters. The van der Waals surface area contributed by atoms with Crippen molar-refractivity contribution < 1.29 is 22.7 Å². The van der Waals surface area contributed by atoms with Crippen molar-refractivity contribution >= 4 is 43.3 Å². The van der Waals surface area contributed by atoms with Gasteiger partial charge in [-0.2, -0.15) is 4.99 Å². The largest absolute Gasteiger partial charge is 0.468 e. The molecule has 2 aromatic carbocycles. The van der Waals surface area contributed by atoms with E-state index in [1.807, 2.05) is 26.0 Å². The fourth-order valence-electron chi connectivity index (χ4n) is 2.75. The standard InChI is InChI=1S/C20H20N2O5S2/c1-12-9-16-17(10-13(12)2)28-20(22(16)11-18(23)27-3)21-19(24)14-5-7-15(8-6-14)29(4,25)26/h5-10H,11H2,1-4H3. The summed E-state index contributed by atoms with van der Waals surface area (Å²) in [6.45, 7) is 3.89. The summed E-state index contributed by atoms with van der Waals surface area (Å²) in [5.41, 5.74) is 3.20. The minimum Gasteiger partial charge on any atom is -0.468 e. The average Bonchev–Trinajstić information content (AvgIpc) is 2.97. The van der Waals surface area contributed by atoms with Gasteiger partial charge in [0.1, 0.15) is 6.54 Å². The predicted octanol–water partition coefficient (Wildman–Crippen LogP) is 2.64. The molecule has 0 spiro atoms. The first kappa shape index (κ1) is 20.9. The van der Waals surface area contributed by atoms with Crippen molar-refractivity contribution in [2.24, 2.45) is 4.99 Å². The number of hydrogen-bond acceptors (Lipinski definition) is 6. The van der Waals surface area contributed by atoms with Gasteiger partial charge in [-0.3, -0.25) is 9.59 Å². The molecule has 9 heteroatoms. The molecule has 0 saturated heterocycles. The lowest BCUT2D eigenvalue weighted by molar-refractivity contribution is -0.141. The smallest absolute Gasteiger partial charge is 0.325 e. The highest BCUT2D eigenvalue weighted by molar-refractivity contribution is 7.90. The Labute approximate surface area is 172 Å². The maximum atomic E-state index is 12.7. The number of benzene rings is 2. The van der Waals surface area contributed by atoms with Gasteiger partial charge in [-0.1, -0.05) is 11.3 Å². The highest BCUT2D eigenvalue weighted by Gasteiger charge is 2.14. The van der Waals surface area contributed by atoms with Crippen molar-refractivity contribution in [3.8, 4) is 0 Å². The molecule has 1 amide bonds. The molecule has 7 nitrogen and oxygen atoms in total. The van der Waals surface area contributed by atoms with Crippen LogP contribution in [-0.2, 0) is 25.9 Å². The fraction of sp³-hybridized carbons (Fsp3) is 0.250. The van der Waals surface area contributed by atoms with Crippen LogP contribution in [0.3, 0.4) is 0 Å². The molecule has 0 radical (unpaired) electrons. The normalized spacial score (nSPS) is 12.3. The summed E-state index contributed by atoms with van der Waals surface area (Å²) in [6, 6.07) is 9.54. The number of amides is 1. The molecule has 0 aliphatic carbocycles. The summed E-state index contributed by atoms with van der Waals surface area (Å²) in [7, 11) is -2.04. The number of rotatable bonds is 4. The molecule has 0 saturated carbocycles. The zero-order chi connectivity index (χ0) is 21.3. The Morgan fingerprint density at radius 1 is 1.10 bits per heavy atom. The van der Waals surface area contributed by atoms with Crippen LogP contribution >= 0.6 is 11.3 Å². The average molecular weight is 433 g/mol. The molecular weight excluding hydrogens is 412 g/mol. The molecule has 0 bridgehead atoms. The molecule has 3 aromatic rings. The highest BCUT2D eigenvalue weighted by Crippen LogP contribution is 2.22. The number of thiazole rings is 1. The zero-order valence-electron chi connectivity index (χ0n) is 16.4. The summed E-state index contributed by atoms with van der Waals surface area (Å²) in [4.78, 5) is 29.2. The SMILES string of the molecule is COC(=O)Cn1c(=NC(=O)c2ccc(S(C)(=O)=O)cc2)sc2cc(C)c(C)cc21. The van der Waals surface area contributed by atoms with Crippen molar-refractivity contribution in [1.82, 2.24) is 4.57 Å². The van der Waals surface area contributed by atoms with Gasteiger partial charge < -0.3 is 9.30 Å². The number of sulfone groups is 1. The highest BCUT2D eigenvalue weighted by atomic mass is 32.2. The maximum absolute atomic E-state index is 12.7. The van der Waals surface area contributed by atoms with Crippen molar-refractivity contribution in [2.75, 3.05) is 13.4 Å². The van der Waals surface area contributed by atoms with Gasteiger partial charge >= 0.3 is 5.97 Å². The molecule has 1 heterocycles. The van der Waals surface area contributed by atoms with Gasteiger partial charge in [0.25, 0.3) is 5.91 Å². The van der Waals surface area contributed by atoms with Crippen LogP contribution in [0.25, 0.3) is 10.2 Å². The molecule has 152 valence electrons. The fourth-order valence-corrected chi connectivity index (χ4v) is 4.49. The summed E-state index contributed by atoms with van der Waals surface area (Å²) in [5, 5.41) is 0. The van der Waals surface area contributed by atoms with E-state index >= 15 is 0 Å². The first-order valence-electron chi connectivity index (χ1n) is 8.66. The van der Waals surface area contributed by atoms with Crippen LogP contribution in [0.15, 0.2) is 46.3 Å². The Bertz CT molecular complexity index is 1280. The number of aromatic nitrogens is 1. The quantitative estimate of drug-likeness (QED) is 0.591. The number of methoxy groups -OCH3 is 1. The van der Waals surface area contributed by atoms with Crippen LogP contribution in [-0.4, -0.2) is 38.2 Å². The predicted molar refractivity (Wildman–Crippen MR) is 111 cm³/mol. The van der Waals surface area contributed by atoms with Gasteiger partial charge in [-0.05, 0) is 61.4 Å². The van der Waals surface area contributed by atoms with Crippen molar-refractivity contribution in [3.63, 3.8) is 0 Å². The molecule has 0 unspecified atom stereocenters. The minimum absolute atomic E-state index is 0.0713. The van der Waals surface area contributed by atoms with Gasteiger partial charge in [0, 0.05) is 11.8 Å². The maximum Gasteiger partial charge on any atom is 0.325 e. The van der Waals surface area contributed by atoms with Gasteiger partial charge in [0.15, 0.2) is 14.6 Å². The Hall–Kier alpha value is -2.78. The topological polar surface area (TPSA) is 94.8 Å². The van der Waals surface area contributed by atoms with E-state index in [2.05, 4.69) is 4.99 Å². The van der Waals surface area contributed by atoms with Gasteiger partial charge in [-0.15, -0.1) is 0 Å². The summed E-state index contributed by atoms with van der Waals surface area (Å²) in [6.07, 6.45) is 1.10. The van der Waals surface area contributed by atoms with Crippen LogP contribution in [0.5, 0.6) is 0 Å². The van der Waals surface area contributed by atoms with E-state index in [4.69, 9.17) is 4.74 Å². The monoisotopic (exact) mass is 432 g/mol. The number of aryl methyl sites for hydroxylation is 2. The number of esters is 1. The number of carbonyl (C=O) groups is 2. The van der Waals surface area contributed by atoms with E-state index in [0.717, 1.165) is 27.6 Å². The van der Waals surface area contributed by atoms with Crippen LogP contribution in [0.4, 0.5) is 0 Å². The number of hydrogen-bond donors (Lipinski definition) is 0. The van der Waals surface area contributed by atoms with Gasteiger partial charge in [0.05, 0.1) is 22.2 Å². The van der Waals surface area contributed by atoms with E-state index in [1.54, 1.807) is 4.57 Å². The van der Waals surface area contributed by atoms with E-state index in [-0.39, 0.29) is 17.0 Å². The van der Waals surface area contributed by atoms with Crippen LogP contribution in [0, 0.1) is 13.8 Å². The zero-order valence-corrected chi connectivity index (χ0v) is 18.1. The second-order valence-electron chi connectivity index (χ2n) is 6.66. The lowest BCUT2D eigenvalue weighted by Crippen LogP contribution is -2.22. The third-order valence-corrected chi connectivity index (χ3v) is 6.71. The van der Waals surface area contributed by atoms with Crippen molar-refractivity contribution in [1.29, 1.82) is 0 Å². The lowest BCUT2D eigenvalue weighted by atomic mass is 10.1. The van der Waals surface area contributed by atoms with Gasteiger partial charge in [0.2, 0.25) is 0 Å².